The first-order valence-corrected chi connectivity index (χ1v) is 9.70. The number of pyridine rings is 1. The number of aliphatic hydroxyl groups excluding tert-OH is 1. The Balaban J connectivity index is 1.77. The SMILES string of the molecule is CN(C)CCCN1C(=O)C(=O)C(=C(O)c2ccc3c(c2)OCO3)[C@H]1c1ccncc1. The van der Waals surface area contributed by atoms with Gasteiger partial charge in [-0.15, -0.1) is 0 Å². The highest BCUT2D eigenvalue weighted by Gasteiger charge is 2.45. The third-order valence-corrected chi connectivity index (χ3v) is 5.21. The van der Waals surface area contributed by atoms with E-state index in [2.05, 4.69) is 4.98 Å². The molecule has 0 radical (unpaired) electrons. The van der Waals surface area contributed by atoms with Gasteiger partial charge in [-0.05, 0) is 63.0 Å². The minimum absolute atomic E-state index is 0.0647. The van der Waals surface area contributed by atoms with E-state index in [1.54, 1.807) is 42.7 Å². The molecular weight excluding hydrogens is 386 g/mol. The smallest absolute Gasteiger partial charge is 0.295 e. The Bertz CT molecular complexity index is 1000. The van der Waals surface area contributed by atoms with Crippen LogP contribution in [0.3, 0.4) is 0 Å². The summed E-state index contributed by atoms with van der Waals surface area (Å²) in [6, 6.07) is 7.75. The summed E-state index contributed by atoms with van der Waals surface area (Å²) in [5.41, 5.74) is 1.18. The van der Waals surface area contributed by atoms with Crippen LogP contribution in [0.15, 0.2) is 48.3 Å². The van der Waals surface area contributed by atoms with E-state index in [9.17, 15) is 14.7 Å². The summed E-state index contributed by atoms with van der Waals surface area (Å²) in [4.78, 5) is 33.4. The Morgan fingerprint density at radius 1 is 1.17 bits per heavy atom. The maximum atomic E-state index is 13.0. The normalized spacial score (nSPS) is 19.7. The van der Waals surface area contributed by atoms with Crippen molar-refractivity contribution in [2.45, 2.75) is 12.5 Å². The lowest BCUT2D eigenvalue weighted by molar-refractivity contribution is -0.139. The Kier molecular flexibility index (Phi) is 5.41. The molecule has 1 N–H and O–H groups in total. The maximum absolute atomic E-state index is 13.0. The van der Waals surface area contributed by atoms with Gasteiger partial charge in [-0.2, -0.15) is 0 Å². The summed E-state index contributed by atoms with van der Waals surface area (Å²) in [5.74, 6) is -0.487. The van der Waals surface area contributed by atoms with Crippen LogP contribution in [0.1, 0.15) is 23.6 Å². The summed E-state index contributed by atoms with van der Waals surface area (Å²) >= 11 is 0. The molecule has 1 atom stereocenters. The van der Waals surface area contributed by atoms with Crippen molar-refractivity contribution in [1.29, 1.82) is 0 Å². The highest BCUT2D eigenvalue weighted by molar-refractivity contribution is 6.46. The molecule has 0 bridgehead atoms. The van der Waals surface area contributed by atoms with E-state index in [1.807, 2.05) is 19.0 Å². The molecule has 4 rings (SSSR count). The van der Waals surface area contributed by atoms with E-state index < -0.39 is 17.7 Å². The fourth-order valence-electron chi connectivity index (χ4n) is 3.76. The zero-order valence-electron chi connectivity index (χ0n) is 16.9. The first-order chi connectivity index (χ1) is 14.5. The highest BCUT2D eigenvalue weighted by Crippen LogP contribution is 2.41. The molecule has 1 saturated heterocycles. The lowest BCUT2D eigenvalue weighted by Crippen LogP contribution is -2.32. The number of aromatic nitrogens is 1. The van der Waals surface area contributed by atoms with Gasteiger partial charge in [0.05, 0.1) is 11.6 Å². The van der Waals surface area contributed by atoms with Crippen LogP contribution in [0.25, 0.3) is 5.76 Å². The van der Waals surface area contributed by atoms with Gasteiger partial charge in [-0.1, -0.05) is 0 Å². The molecule has 156 valence electrons. The summed E-state index contributed by atoms with van der Waals surface area (Å²) in [7, 11) is 3.90. The summed E-state index contributed by atoms with van der Waals surface area (Å²) in [5, 5.41) is 11.1. The van der Waals surface area contributed by atoms with Crippen molar-refractivity contribution in [3.05, 3.63) is 59.4 Å². The number of carbonyl (C=O) groups excluding carboxylic acids is 2. The standard InChI is InChI=1S/C22H23N3O5/c1-24(2)10-3-11-25-19(14-6-8-23-9-7-14)18(21(27)22(25)28)20(26)15-4-5-16-17(12-15)30-13-29-16/h4-9,12,19,26H,3,10-11,13H2,1-2H3/t19-/m1/s1. The number of ether oxygens (including phenoxy) is 2. The van der Waals surface area contributed by atoms with Gasteiger partial charge >= 0.3 is 0 Å². The fraction of sp³-hybridized carbons (Fsp3) is 0.318. The largest absolute Gasteiger partial charge is 0.507 e. The van der Waals surface area contributed by atoms with Crippen LogP contribution in [-0.2, 0) is 9.59 Å². The molecule has 8 heteroatoms. The highest BCUT2D eigenvalue weighted by atomic mass is 16.7. The number of nitrogens with zero attached hydrogens (tertiary/aromatic N) is 3. The molecule has 2 aliphatic heterocycles. The van der Waals surface area contributed by atoms with E-state index in [0.717, 1.165) is 12.1 Å². The molecule has 1 aromatic carbocycles. The van der Waals surface area contributed by atoms with Gasteiger partial charge in [0.1, 0.15) is 5.76 Å². The van der Waals surface area contributed by atoms with E-state index in [0.29, 0.717) is 30.0 Å². The number of aliphatic hydroxyl groups is 1. The van der Waals surface area contributed by atoms with Gasteiger partial charge in [0.25, 0.3) is 11.7 Å². The Morgan fingerprint density at radius 2 is 1.90 bits per heavy atom. The zero-order chi connectivity index (χ0) is 21.3. The zero-order valence-corrected chi connectivity index (χ0v) is 16.9. The molecule has 1 fully saturated rings. The van der Waals surface area contributed by atoms with Gasteiger partial charge in [0.2, 0.25) is 6.79 Å². The summed E-state index contributed by atoms with van der Waals surface area (Å²) in [6.07, 6.45) is 3.91. The molecule has 30 heavy (non-hydrogen) atoms. The van der Waals surface area contributed by atoms with Gasteiger partial charge < -0.3 is 24.4 Å². The topological polar surface area (TPSA) is 92.2 Å². The second kappa shape index (κ2) is 8.16. The Labute approximate surface area is 174 Å². The fourth-order valence-corrected chi connectivity index (χ4v) is 3.76. The van der Waals surface area contributed by atoms with Gasteiger partial charge in [-0.3, -0.25) is 14.6 Å². The molecule has 1 amide bonds. The molecular formula is C22H23N3O5. The van der Waals surface area contributed by atoms with Crippen LogP contribution in [0, 0.1) is 0 Å². The van der Waals surface area contributed by atoms with E-state index in [1.165, 1.54) is 4.90 Å². The number of rotatable bonds is 6. The molecule has 0 aliphatic carbocycles. The molecule has 0 spiro atoms. The average Bonchev–Trinajstić information content (AvgIpc) is 3.31. The van der Waals surface area contributed by atoms with Crippen LogP contribution in [0.5, 0.6) is 11.5 Å². The number of likely N-dealkylation sites (tertiary alicyclic amines) is 1. The van der Waals surface area contributed by atoms with Crippen molar-refractivity contribution < 1.29 is 24.2 Å². The van der Waals surface area contributed by atoms with Crippen molar-refractivity contribution in [3.8, 4) is 11.5 Å². The molecule has 2 aromatic rings. The lowest BCUT2D eigenvalue weighted by atomic mass is 9.96. The van der Waals surface area contributed by atoms with E-state index in [-0.39, 0.29) is 18.1 Å². The minimum Gasteiger partial charge on any atom is -0.507 e. The van der Waals surface area contributed by atoms with Crippen LogP contribution in [0.2, 0.25) is 0 Å². The number of fused-ring (bicyclic) bond motifs is 1. The number of hydrogen-bond donors (Lipinski definition) is 1. The number of ketones is 1. The molecule has 0 unspecified atom stereocenters. The first kappa shape index (κ1) is 19.9. The van der Waals surface area contributed by atoms with Gasteiger partial charge in [0.15, 0.2) is 11.5 Å². The third kappa shape index (κ3) is 3.61. The lowest BCUT2D eigenvalue weighted by Gasteiger charge is -2.25. The van der Waals surface area contributed by atoms with Crippen LogP contribution in [-0.4, -0.2) is 65.6 Å². The van der Waals surface area contributed by atoms with Gasteiger partial charge in [-0.25, -0.2) is 0 Å². The summed E-state index contributed by atoms with van der Waals surface area (Å²) in [6.45, 7) is 1.27. The minimum atomic E-state index is -0.697. The third-order valence-electron chi connectivity index (χ3n) is 5.21. The quantitative estimate of drug-likeness (QED) is 0.444. The molecule has 1 aromatic heterocycles. The monoisotopic (exact) mass is 409 g/mol. The van der Waals surface area contributed by atoms with Gasteiger partial charge in [0, 0.05) is 24.5 Å². The molecule has 3 heterocycles. The molecule has 8 nitrogen and oxygen atoms in total. The average molecular weight is 409 g/mol. The van der Waals surface area contributed by atoms with E-state index in [4.69, 9.17) is 9.47 Å². The Hall–Kier alpha value is -3.39. The predicted octanol–water partition coefficient (Wildman–Crippen LogP) is 2.18. The van der Waals surface area contributed by atoms with Crippen LogP contribution < -0.4 is 9.47 Å². The number of hydrogen-bond acceptors (Lipinski definition) is 7. The van der Waals surface area contributed by atoms with Crippen LogP contribution >= 0.6 is 0 Å². The van der Waals surface area contributed by atoms with Crippen LogP contribution in [0.4, 0.5) is 0 Å². The number of carbonyl (C=O) groups is 2. The second-order valence-corrected chi connectivity index (χ2v) is 7.50. The van der Waals surface area contributed by atoms with E-state index >= 15 is 0 Å². The van der Waals surface area contributed by atoms with Crippen molar-refractivity contribution >= 4 is 17.4 Å². The van der Waals surface area contributed by atoms with Crippen molar-refractivity contribution in [2.24, 2.45) is 0 Å². The number of amides is 1. The van der Waals surface area contributed by atoms with Crippen molar-refractivity contribution in [1.82, 2.24) is 14.8 Å². The molecule has 0 saturated carbocycles. The van der Waals surface area contributed by atoms with Crippen molar-refractivity contribution in [2.75, 3.05) is 34.0 Å². The Morgan fingerprint density at radius 3 is 2.63 bits per heavy atom. The summed E-state index contributed by atoms with van der Waals surface area (Å²) < 4.78 is 10.7. The van der Waals surface area contributed by atoms with Crippen molar-refractivity contribution in [3.63, 3.8) is 0 Å². The second-order valence-electron chi connectivity index (χ2n) is 7.50. The number of benzene rings is 1. The number of Topliss-reactive ketones (excluding diaryl/α,β-unsaturated/α-hetero) is 1. The molecule has 2 aliphatic rings. The first-order valence-electron chi connectivity index (χ1n) is 9.70. The predicted molar refractivity (Wildman–Crippen MR) is 109 cm³/mol. The maximum Gasteiger partial charge on any atom is 0.295 e.